The molecule has 1 heterocycles. The van der Waals surface area contributed by atoms with E-state index in [2.05, 4.69) is 43.0 Å². The van der Waals surface area contributed by atoms with Crippen LogP contribution in [-0.2, 0) is 6.42 Å². The average molecular weight is 306 g/mol. The van der Waals surface area contributed by atoms with Gasteiger partial charge in [-0.3, -0.25) is 0 Å². The molecular weight excluding hydrogens is 274 g/mol. The van der Waals surface area contributed by atoms with Crippen molar-refractivity contribution in [1.82, 2.24) is 4.90 Å². The van der Waals surface area contributed by atoms with Crippen LogP contribution >= 0.6 is 11.8 Å². The van der Waals surface area contributed by atoms with Gasteiger partial charge in [-0.05, 0) is 81.1 Å². The van der Waals surface area contributed by atoms with Crippen molar-refractivity contribution in [2.75, 3.05) is 25.4 Å². The number of hydrogen-bond donors (Lipinski definition) is 0. The monoisotopic (exact) mass is 305 g/mol. The Bertz CT molecular complexity index is 379. The lowest BCUT2D eigenvalue weighted by Crippen LogP contribution is -2.30. The number of piperidine rings is 1. The summed E-state index contributed by atoms with van der Waals surface area (Å²) in [6.07, 6.45) is 8.09. The first-order chi connectivity index (χ1) is 10.2. The zero-order chi connectivity index (χ0) is 14.9. The fraction of sp³-hybridized carbons (Fsp3) is 0.684. The Balaban J connectivity index is 1.64. The highest BCUT2D eigenvalue weighted by Crippen LogP contribution is 2.21. The Morgan fingerprint density at radius 3 is 2.43 bits per heavy atom. The Morgan fingerprint density at radius 2 is 1.76 bits per heavy atom. The number of thioether (sulfide) groups is 1. The number of aryl methyl sites for hydroxylation is 1. The summed E-state index contributed by atoms with van der Waals surface area (Å²) in [5.74, 6) is 2.05. The summed E-state index contributed by atoms with van der Waals surface area (Å²) in [6, 6.07) is 9.27. The van der Waals surface area contributed by atoms with Crippen molar-refractivity contribution in [3.63, 3.8) is 0 Å². The fourth-order valence-corrected chi connectivity index (χ4v) is 4.01. The van der Waals surface area contributed by atoms with Crippen LogP contribution in [0.15, 0.2) is 29.2 Å². The van der Waals surface area contributed by atoms with Crippen LogP contribution in [0.2, 0.25) is 0 Å². The SMILES string of the molecule is CC(C)CCSc1ccc(CCCN2CCCCC2)cc1. The highest BCUT2D eigenvalue weighted by atomic mass is 32.2. The Hall–Kier alpha value is -0.470. The molecule has 1 fully saturated rings. The third-order valence-corrected chi connectivity index (χ3v) is 5.32. The minimum absolute atomic E-state index is 0.812. The second-order valence-corrected chi connectivity index (χ2v) is 7.85. The first kappa shape index (κ1) is 16.9. The first-order valence-electron chi connectivity index (χ1n) is 8.68. The molecule has 0 aromatic heterocycles. The molecule has 0 aliphatic carbocycles. The summed E-state index contributed by atoms with van der Waals surface area (Å²) in [7, 11) is 0. The van der Waals surface area contributed by atoms with Crippen LogP contribution in [0.4, 0.5) is 0 Å². The van der Waals surface area contributed by atoms with Crippen LogP contribution in [0.5, 0.6) is 0 Å². The van der Waals surface area contributed by atoms with Gasteiger partial charge in [0.2, 0.25) is 0 Å². The van der Waals surface area contributed by atoms with Crippen molar-refractivity contribution >= 4 is 11.8 Å². The van der Waals surface area contributed by atoms with E-state index in [4.69, 9.17) is 0 Å². The van der Waals surface area contributed by atoms with Gasteiger partial charge in [0.1, 0.15) is 0 Å². The molecule has 0 bridgehead atoms. The number of benzene rings is 1. The van der Waals surface area contributed by atoms with E-state index in [-0.39, 0.29) is 0 Å². The fourth-order valence-electron chi connectivity index (χ4n) is 2.85. The number of hydrogen-bond acceptors (Lipinski definition) is 2. The van der Waals surface area contributed by atoms with Gasteiger partial charge in [0.05, 0.1) is 0 Å². The van der Waals surface area contributed by atoms with Crippen molar-refractivity contribution in [1.29, 1.82) is 0 Å². The smallest absolute Gasteiger partial charge is 0.00721 e. The highest BCUT2D eigenvalue weighted by Gasteiger charge is 2.09. The molecule has 0 atom stereocenters. The summed E-state index contributed by atoms with van der Waals surface area (Å²) in [5, 5.41) is 0. The normalized spacial score (nSPS) is 16.5. The van der Waals surface area contributed by atoms with E-state index in [0.717, 1.165) is 5.92 Å². The predicted molar refractivity (Wildman–Crippen MR) is 95.2 cm³/mol. The maximum Gasteiger partial charge on any atom is 0.00721 e. The van der Waals surface area contributed by atoms with Crippen molar-refractivity contribution in [2.24, 2.45) is 5.92 Å². The third-order valence-electron chi connectivity index (χ3n) is 4.28. The lowest BCUT2D eigenvalue weighted by molar-refractivity contribution is 0.226. The third kappa shape index (κ3) is 6.88. The van der Waals surface area contributed by atoms with Gasteiger partial charge in [-0.25, -0.2) is 0 Å². The van der Waals surface area contributed by atoms with Crippen molar-refractivity contribution in [3.05, 3.63) is 29.8 Å². The first-order valence-corrected chi connectivity index (χ1v) is 9.66. The molecular formula is C19H31NS. The summed E-state index contributed by atoms with van der Waals surface area (Å²) in [5.41, 5.74) is 1.50. The molecule has 1 saturated heterocycles. The predicted octanol–water partition coefficient (Wildman–Crippen LogP) is 5.24. The molecule has 1 nitrogen and oxygen atoms in total. The van der Waals surface area contributed by atoms with Gasteiger partial charge in [0, 0.05) is 4.90 Å². The quantitative estimate of drug-likeness (QED) is 0.604. The van der Waals surface area contributed by atoms with Gasteiger partial charge in [-0.2, -0.15) is 0 Å². The summed E-state index contributed by atoms with van der Waals surface area (Å²) >= 11 is 2.00. The summed E-state index contributed by atoms with van der Waals surface area (Å²) in [6.45, 7) is 8.53. The molecule has 1 aromatic carbocycles. The standard InChI is InChI=1S/C19H31NS/c1-17(2)12-16-21-19-10-8-18(9-11-19)7-6-15-20-13-4-3-5-14-20/h8-11,17H,3-7,12-16H2,1-2H3. The van der Waals surface area contributed by atoms with E-state index in [0.29, 0.717) is 0 Å². The largest absolute Gasteiger partial charge is 0.303 e. The molecule has 21 heavy (non-hydrogen) atoms. The molecule has 2 rings (SSSR count). The molecule has 0 spiro atoms. The van der Waals surface area contributed by atoms with Crippen LogP contribution < -0.4 is 0 Å². The number of likely N-dealkylation sites (tertiary alicyclic amines) is 1. The van der Waals surface area contributed by atoms with E-state index < -0.39 is 0 Å². The van der Waals surface area contributed by atoms with Gasteiger partial charge >= 0.3 is 0 Å². The molecule has 1 aliphatic heterocycles. The van der Waals surface area contributed by atoms with Gasteiger partial charge in [-0.1, -0.05) is 32.4 Å². The van der Waals surface area contributed by atoms with Crippen LogP contribution in [0.3, 0.4) is 0 Å². The molecule has 118 valence electrons. The van der Waals surface area contributed by atoms with Crippen LogP contribution in [0, 0.1) is 5.92 Å². The van der Waals surface area contributed by atoms with E-state index >= 15 is 0 Å². The zero-order valence-electron chi connectivity index (χ0n) is 13.8. The number of rotatable bonds is 8. The highest BCUT2D eigenvalue weighted by molar-refractivity contribution is 7.99. The minimum atomic E-state index is 0.812. The second kappa shape index (κ2) is 9.53. The lowest BCUT2D eigenvalue weighted by atomic mass is 10.1. The average Bonchev–Trinajstić information content (AvgIpc) is 2.50. The molecule has 1 aromatic rings. The van der Waals surface area contributed by atoms with Crippen LogP contribution in [0.25, 0.3) is 0 Å². The molecule has 0 radical (unpaired) electrons. The molecule has 0 saturated carbocycles. The van der Waals surface area contributed by atoms with Gasteiger partial charge in [-0.15, -0.1) is 11.8 Å². The lowest BCUT2D eigenvalue weighted by Gasteiger charge is -2.26. The minimum Gasteiger partial charge on any atom is -0.303 e. The van der Waals surface area contributed by atoms with Gasteiger partial charge < -0.3 is 4.90 Å². The summed E-state index contributed by atoms with van der Waals surface area (Å²) in [4.78, 5) is 4.06. The topological polar surface area (TPSA) is 3.24 Å². The molecule has 1 aliphatic rings. The van der Waals surface area contributed by atoms with Crippen LogP contribution in [0.1, 0.15) is 51.5 Å². The van der Waals surface area contributed by atoms with E-state index in [1.807, 2.05) is 11.8 Å². The Morgan fingerprint density at radius 1 is 1.05 bits per heavy atom. The van der Waals surface area contributed by atoms with Gasteiger partial charge in [0.25, 0.3) is 0 Å². The van der Waals surface area contributed by atoms with E-state index in [1.54, 1.807) is 0 Å². The Kier molecular flexibility index (Phi) is 7.66. The van der Waals surface area contributed by atoms with Gasteiger partial charge in [0.15, 0.2) is 0 Å². The van der Waals surface area contributed by atoms with Crippen molar-refractivity contribution in [3.8, 4) is 0 Å². The maximum atomic E-state index is 2.64. The number of nitrogens with zero attached hydrogens (tertiary/aromatic N) is 1. The second-order valence-electron chi connectivity index (χ2n) is 6.68. The molecule has 0 unspecified atom stereocenters. The van der Waals surface area contributed by atoms with E-state index in [1.165, 1.54) is 74.4 Å². The zero-order valence-corrected chi connectivity index (χ0v) is 14.6. The maximum absolute atomic E-state index is 2.64. The molecule has 0 N–H and O–H groups in total. The van der Waals surface area contributed by atoms with Crippen molar-refractivity contribution < 1.29 is 0 Å². The van der Waals surface area contributed by atoms with Crippen LogP contribution in [-0.4, -0.2) is 30.3 Å². The molecule has 2 heteroatoms. The Labute approximate surface area is 135 Å². The molecule has 0 amide bonds. The summed E-state index contributed by atoms with van der Waals surface area (Å²) < 4.78 is 0. The van der Waals surface area contributed by atoms with Crippen molar-refractivity contribution in [2.45, 2.75) is 57.3 Å². The van der Waals surface area contributed by atoms with E-state index in [9.17, 15) is 0 Å².